The molecule has 0 atom stereocenters. The molecule has 0 aromatic heterocycles. The van der Waals surface area contributed by atoms with Gasteiger partial charge in [0.15, 0.2) is 6.61 Å². The van der Waals surface area contributed by atoms with Crippen molar-refractivity contribution in [3.05, 3.63) is 59.7 Å². The Kier molecular flexibility index (Phi) is 7.01. The lowest BCUT2D eigenvalue weighted by atomic mass is 10.1. The number of carbonyl (C=O) groups excluding carboxylic acids is 1. The van der Waals surface area contributed by atoms with Crippen LogP contribution in [-0.4, -0.2) is 32.8 Å². The zero-order chi connectivity index (χ0) is 18.1. The highest BCUT2D eigenvalue weighted by Crippen LogP contribution is 2.13. The smallest absolute Gasteiger partial charge is 0.277 e. The first-order chi connectivity index (χ1) is 12.1. The molecule has 0 saturated carbocycles. The zero-order valence-corrected chi connectivity index (χ0v) is 15.0. The van der Waals surface area contributed by atoms with E-state index in [2.05, 4.69) is 17.5 Å². The molecule has 0 spiro atoms. The molecule has 0 aliphatic rings. The Hall–Kier alpha value is -2.82. The third-order valence-electron chi connectivity index (χ3n) is 3.64. The van der Waals surface area contributed by atoms with Crippen LogP contribution in [0.3, 0.4) is 0 Å². The maximum atomic E-state index is 11.8. The van der Waals surface area contributed by atoms with E-state index in [1.165, 1.54) is 5.56 Å². The number of carbonyl (C=O) groups is 1. The highest BCUT2D eigenvalue weighted by Gasteiger charge is 2.01. The van der Waals surface area contributed by atoms with E-state index >= 15 is 0 Å². The molecule has 1 N–H and O–H groups in total. The number of nitrogens with one attached hydrogen (secondary N) is 1. The molecular formula is C20H25N3O2. The third kappa shape index (κ3) is 6.30. The van der Waals surface area contributed by atoms with Crippen molar-refractivity contribution in [2.45, 2.75) is 19.8 Å². The molecule has 2 aromatic carbocycles. The number of benzene rings is 2. The number of nitrogens with zero attached hydrogens (tertiary/aromatic N) is 2. The minimum Gasteiger partial charge on any atom is -0.484 e. The van der Waals surface area contributed by atoms with Crippen LogP contribution >= 0.6 is 0 Å². The van der Waals surface area contributed by atoms with Gasteiger partial charge in [-0.25, -0.2) is 5.43 Å². The molecule has 2 rings (SSSR count). The average Bonchev–Trinajstić information content (AvgIpc) is 2.62. The van der Waals surface area contributed by atoms with Crippen molar-refractivity contribution in [3.63, 3.8) is 0 Å². The molecule has 0 aliphatic carbocycles. The molecule has 132 valence electrons. The van der Waals surface area contributed by atoms with Gasteiger partial charge in [0.05, 0.1) is 6.21 Å². The van der Waals surface area contributed by atoms with Crippen molar-refractivity contribution < 1.29 is 9.53 Å². The van der Waals surface area contributed by atoms with Gasteiger partial charge in [0.25, 0.3) is 5.91 Å². The van der Waals surface area contributed by atoms with Gasteiger partial charge in [-0.05, 0) is 41.8 Å². The number of aryl methyl sites for hydroxylation is 1. The van der Waals surface area contributed by atoms with Crippen LogP contribution in [0, 0.1) is 0 Å². The highest BCUT2D eigenvalue weighted by atomic mass is 16.5. The van der Waals surface area contributed by atoms with Crippen LogP contribution in [0.15, 0.2) is 53.6 Å². The lowest BCUT2D eigenvalue weighted by Gasteiger charge is -2.11. The van der Waals surface area contributed by atoms with Crippen LogP contribution in [0.1, 0.15) is 24.5 Å². The van der Waals surface area contributed by atoms with E-state index in [1.807, 2.05) is 67.5 Å². The second-order valence-electron chi connectivity index (χ2n) is 5.96. The predicted octanol–water partition coefficient (Wildman–Crippen LogP) is 3.23. The summed E-state index contributed by atoms with van der Waals surface area (Å²) in [5.74, 6) is 0.386. The van der Waals surface area contributed by atoms with E-state index in [0.717, 1.165) is 24.1 Å². The number of amides is 1. The molecule has 0 aliphatic heterocycles. The molecule has 2 aromatic rings. The van der Waals surface area contributed by atoms with Gasteiger partial charge in [-0.1, -0.05) is 37.6 Å². The van der Waals surface area contributed by atoms with E-state index in [4.69, 9.17) is 4.74 Å². The number of ether oxygens (including phenoxy) is 1. The lowest BCUT2D eigenvalue weighted by Crippen LogP contribution is -2.24. The molecule has 0 saturated heterocycles. The van der Waals surface area contributed by atoms with E-state index < -0.39 is 0 Å². The van der Waals surface area contributed by atoms with Crippen LogP contribution in [0.2, 0.25) is 0 Å². The van der Waals surface area contributed by atoms with E-state index in [0.29, 0.717) is 5.75 Å². The van der Waals surface area contributed by atoms with Gasteiger partial charge in [0.2, 0.25) is 0 Å². The van der Waals surface area contributed by atoms with Crippen LogP contribution in [0.25, 0.3) is 0 Å². The molecule has 0 heterocycles. The van der Waals surface area contributed by atoms with E-state index in [9.17, 15) is 4.79 Å². The Morgan fingerprint density at radius 2 is 1.80 bits per heavy atom. The Morgan fingerprint density at radius 3 is 2.40 bits per heavy atom. The van der Waals surface area contributed by atoms with Crippen molar-refractivity contribution in [2.75, 3.05) is 25.6 Å². The summed E-state index contributed by atoms with van der Waals surface area (Å²) in [4.78, 5) is 13.8. The first kappa shape index (κ1) is 18.5. The standard InChI is InChI=1S/C20H25N3O2/c1-4-5-16-8-12-19(13-9-16)25-15-20(24)22-21-14-17-6-10-18(11-7-17)23(2)3/h6-14H,4-5,15H2,1-3H3,(H,22,24). The van der Waals surface area contributed by atoms with Gasteiger partial charge in [-0.2, -0.15) is 5.10 Å². The summed E-state index contributed by atoms with van der Waals surface area (Å²) in [5.41, 5.74) is 5.76. The summed E-state index contributed by atoms with van der Waals surface area (Å²) in [6.07, 6.45) is 3.76. The summed E-state index contributed by atoms with van der Waals surface area (Å²) in [5, 5.41) is 3.95. The Bertz CT molecular complexity index is 692. The monoisotopic (exact) mass is 339 g/mol. The Balaban J connectivity index is 1.76. The molecular weight excluding hydrogens is 314 g/mol. The van der Waals surface area contributed by atoms with Crippen LogP contribution in [-0.2, 0) is 11.2 Å². The molecule has 25 heavy (non-hydrogen) atoms. The molecule has 5 nitrogen and oxygen atoms in total. The molecule has 0 unspecified atom stereocenters. The van der Waals surface area contributed by atoms with Gasteiger partial charge < -0.3 is 9.64 Å². The van der Waals surface area contributed by atoms with Crippen molar-refractivity contribution >= 4 is 17.8 Å². The second kappa shape index (κ2) is 9.47. The number of hydrogen-bond donors (Lipinski definition) is 1. The normalized spacial score (nSPS) is 10.7. The van der Waals surface area contributed by atoms with Crippen molar-refractivity contribution in [1.82, 2.24) is 5.43 Å². The largest absolute Gasteiger partial charge is 0.484 e. The minimum atomic E-state index is -0.293. The molecule has 0 radical (unpaired) electrons. The van der Waals surface area contributed by atoms with Gasteiger partial charge in [0.1, 0.15) is 5.75 Å². The topological polar surface area (TPSA) is 53.9 Å². The van der Waals surface area contributed by atoms with Crippen molar-refractivity contribution in [2.24, 2.45) is 5.10 Å². The minimum absolute atomic E-state index is 0.0654. The predicted molar refractivity (Wildman–Crippen MR) is 102 cm³/mol. The summed E-state index contributed by atoms with van der Waals surface area (Å²) >= 11 is 0. The maximum absolute atomic E-state index is 11.8. The van der Waals surface area contributed by atoms with Gasteiger partial charge in [-0.3, -0.25) is 4.79 Å². The summed E-state index contributed by atoms with van der Waals surface area (Å²) < 4.78 is 5.45. The number of hydrazone groups is 1. The quantitative estimate of drug-likeness (QED) is 0.593. The number of hydrogen-bond acceptors (Lipinski definition) is 4. The van der Waals surface area contributed by atoms with Gasteiger partial charge in [-0.15, -0.1) is 0 Å². The number of anilines is 1. The molecule has 1 amide bonds. The zero-order valence-electron chi connectivity index (χ0n) is 15.0. The summed E-state index contributed by atoms with van der Waals surface area (Å²) in [7, 11) is 3.97. The van der Waals surface area contributed by atoms with Gasteiger partial charge >= 0.3 is 0 Å². The third-order valence-corrected chi connectivity index (χ3v) is 3.64. The number of rotatable bonds is 8. The summed E-state index contributed by atoms with van der Waals surface area (Å²) in [6, 6.07) is 15.7. The Labute approximate surface area is 149 Å². The molecule has 5 heteroatoms. The Morgan fingerprint density at radius 1 is 1.12 bits per heavy atom. The second-order valence-corrected chi connectivity index (χ2v) is 5.96. The first-order valence-electron chi connectivity index (χ1n) is 8.39. The molecule has 0 fully saturated rings. The molecule has 0 bridgehead atoms. The van der Waals surface area contributed by atoms with Crippen LogP contribution < -0.4 is 15.1 Å². The van der Waals surface area contributed by atoms with E-state index in [-0.39, 0.29) is 12.5 Å². The van der Waals surface area contributed by atoms with Crippen LogP contribution in [0.4, 0.5) is 5.69 Å². The highest BCUT2D eigenvalue weighted by molar-refractivity contribution is 5.83. The SMILES string of the molecule is CCCc1ccc(OCC(=O)NN=Cc2ccc(N(C)C)cc2)cc1. The van der Waals surface area contributed by atoms with Crippen molar-refractivity contribution in [3.8, 4) is 5.75 Å². The van der Waals surface area contributed by atoms with Crippen LogP contribution in [0.5, 0.6) is 5.75 Å². The summed E-state index contributed by atoms with van der Waals surface area (Å²) in [6.45, 7) is 2.08. The van der Waals surface area contributed by atoms with E-state index in [1.54, 1.807) is 6.21 Å². The van der Waals surface area contributed by atoms with Gasteiger partial charge in [0, 0.05) is 19.8 Å². The van der Waals surface area contributed by atoms with Crippen molar-refractivity contribution in [1.29, 1.82) is 0 Å². The maximum Gasteiger partial charge on any atom is 0.277 e. The fourth-order valence-corrected chi connectivity index (χ4v) is 2.26. The average molecular weight is 339 g/mol. The first-order valence-corrected chi connectivity index (χ1v) is 8.39. The lowest BCUT2D eigenvalue weighted by molar-refractivity contribution is -0.123. The fourth-order valence-electron chi connectivity index (χ4n) is 2.26. The fraction of sp³-hybridized carbons (Fsp3) is 0.300.